The fraction of sp³-hybridized carbons (Fsp3) is 0.450. The topological polar surface area (TPSA) is 126 Å². The third kappa shape index (κ3) is 9.03. The van der Waals surface area contributed by atoms with Crippen molar-refractivity contribution in [2.45, 2.75) is 0 Å². The Kier molecular flexibility index (Phi) is 11.1. The van der Waals surface area contributed by atoms with Gasteiger partial charge in [0, 0.05) is 26.2 Å². The van der Waals surface area contributed by atoms with Crippen molar-refractivity contribution in [1.29, 1.82) is 0 Å². The zero-order valence-electron chi connectivity index (χ0n) is 18.3. The van der Waals surface area contributed by atoms with Crippen LogP contribution in [0, 0.1) is 0 Å². The van der Waals surface area contributed by atoms with E-state index in [1.807, 2.05) is 33.1 Å². The smallest absolute Gasteiger partial charge is 0.342 e. The van der Waals surface area contributed by atoms with Crippen molar-refractivity contribution in [1.82, 2.24) is 19.8 Å². The Morgan fingerprint density at radius 1 is 1.13 bits per heavy atom. The molecule has 2 aromatic rings. The molecule has 0 atom stereocenters. The molecule has 30 heavy (non-hydrogen) atoms. The predicted octanol–water partition coefficient (Wildman–Crippen LogP) is 1.46. The SMILES string of the molecule is CN(C)CCN.COc1ccccc1Oc1nc(NCCN(C)C)ncc1C(=O)O. The predicted molar refractivity (Wildman–Crippen MR) is 117 cm³/mol. The molecule has 2 rings (SSSR count). The van der Waals surface area contributed by atoms with Crippen molar-refractivity contribution < 1.29 is 19.4 Å². The summed E-state index contributed by atoms with van der Waals surface area (Å²) in [5, 5.41) is 12.3. The Morgan fingerprint density at radius 3 is 2.27 bits per heavy atom. The number of anilines is 1. The number of aromatic nitrogens is 2. The van der Waals surface area contributed by atoms with E-state index in [1.165, 1.54) is 13.3 Å². The molecule has 10 nitrogen and oxygen atoms in total. The van der Waals surface area contributed by atoms with Gasteiger partial charge in [0.1, 0.15) is 5.56 Å². The monoisotopic (exact) mass is 420 g/mol. The minimum absolute atomic E-state index is 0.0469. The van der Waals surface area contributed by atoms with E-state index in [9.17, 15) is 9.90 Å². The number of hydrogen-bond acceptors (Lipinski definition) is 9. The largest absolute Gasteiger partial charge is 0.493 e. The molecular weight excluding hydrogens is 388 g/mol. The number of nitrogens with one attached hydrogen (secondary N) is 1. The molecule has 0 fully saturated rings. The number of aromatic carboxylic acids is 1. The maximum atomic E-state index is 11.4. The van der Waals surface area contributed by atoms with Crippen molar-refractivity contribution in [3.63, 3.8) is 0 Å². The van der Waals surface area contributed by atoms with Gasteiger partial charge in [-0.1, -0.05) is 12.1 Å². The van der Waals surface area contributed by atoms with E-state index in [-0.39, 0.29) is 11.4 Å². The number of benzene rings is 1. The Hall–Kier alpha value is -2.95. The van der Waals surface area contributed by atoms with Crippen LogP contribution in [-0.4, -0.2) is 92.3 Å². The maximum Gasteiger partial charge on any atom is 0.342 e. The van der Waals surface area contributed by atoms with Gasteiger partial charge in [-0.15, -0.1) is 0 Å². The molecule has 1 aromatic carbocycles. The lowest BCUT2D eigenvalue weighted by Crippen LogP contribution is -2.21. The van der Waals surface area contributed by atoms with Crippen LogP contribution in [0.4, 0.5) is 5.95 Å². The van der Waals surface area contributed by atoms with Crippen molar-refractivity contribution in [2.75, 3.05) is 66.8 Å². The van der Waals surface area contributed by atoms with Gasteiger partial charge in [-0.25, -0.2) is 9.78 Å². The summed E-state index contributed by atoms with van der Waals surface area (Å²) >= 11 is 0. The van der Waals surface area contributed by atoms with Gasteiger partial charge in [0.15, 0.2) is 11.5 Å². The van der Waals surface area contributed by atoms with Gasteiger partial charge in [0.05, 0.1) is 13.3 Å². The summed E-state index contributed by atoms with van der Waals surface area (Å²) in [6, 6.07) is 6.94. The van der Waals surface area contributed by atoms with Crippen LogP contribution in [0.3, 0.4) is 0 Å². The summed E-state index contributed by atoms with van der Waals surface area (Å²) in [6.07, 6.45) is 1.22. The molecular formula is C20H32N6O4. The van der Waals surface area contributed by atoms with E-state index < -0.39 is 5.97 Å². The van der Waals surface area contributed by atoms with E-state index >= 15 is 0 Å². The molecule has 1 aromatic heterocycles. The molecule has 10 heteroatoms. The highest BCUT2D eigenvalue weighted by Gasteiger charge is 2.17. The standard InChI is InChI=1S/C16H20N4O4.C4H12N2/c1-20(2)9-8-17-16-18-10-11(15(21)22)14(19-16)24-13-7-5-4-6-12(13)23-3;1-6(2)4-3-5/h4-7,10H,8-9H2,1-3H3,(H,21,22)(H,17,18,19);3-5H2,1-2H3. The molecule has 0 saturated heterocycles. The third-order valence-electron chi connectivity index (χ3n) is 3.68. The molecule has 0 saturated carbocycles. The van der Waals surface area contributed by atoms with Gasteiger partial charge in [0.25, 0.3) is 0 Å². The number of nitrogens with two attached hydrogens (primary N) is 1. The molecule has 0 spiro atoms. The lowest BCUT2D eigenvalue weighted by molar-refractivity contribution is 0.0693. The first-order chi connectivity index (χ1) is 14.3. The Bertz CT molecular complexity index is 786. The van der Waals surface area contributed by atoms with Crippen LogP contribution in [0.2, 0.25) is 0 Å². The number of likely N-dealkylation sites (N-methyl/N-ethyl adjacent to an activating group) is 2. The van der Waals surface area contributed by atoms with Crippen molar-refractivity contribution in [3.05, 3.63) is 36.0 Å². The van der Waals surface area contributed by atoms with Gasteiger partial charge >= 0.3 is 5.97 Å². The van der Waals surface area contributed by atoms with E-state index in [4.69, 9.17) is 15.2 Å². The van der Waals surface area contributed by atoms with Gasteiger partial charge in [-0.2, -0.15) is 4.98 Å². The van der Waals surface area contributed by atoms with Crippen molar-refractivity contribution in [2.24, 2.45) is 5.73 Å². The lowest BCUT2D eigenvalue weighted by atomic mass is 10.3. The fourth-order valence-corrected chi connectivity index (χ4v) is 2.13. The van der Waals surface area contributed by atoms with E-state index in [1.54, 1.807) is 24.3 Å². The van der Waals surface area contributed by atoms with Crippen LogP contribution in [-0.2, 0) is 0 Å². The molecule has 1 heterocycles. The minimum Gasteiger partial charge on any atom is -0.493 e. The third-order valence-corrected chi connectivity index (χ3v) is 3.68. The Morgan fingerprint density at radius 2 is 1.77 bits per heavy atom. The van der Waals surface area contributed by atoms with Crippen LogP contribution in [0.5, 0.6) is 17.4 Å². The lowest BCUT2D eigenvalue weighted by Gasteiger charge is -2.13. The first-order valence-electron chi connectivity index (χ1n) is 9.43. The van der Waals surface area contributed by atoms with E-state index in [0.29, 0.717) is 24.0 Å². The van der Waals surface area contributed by atoms with Gasteiger partial charge < -0.3 is 35.4 Å². The average molecular weight is 421 g/mol. The zero-order chi connectivity index (χ0) is 22.5. The molecule has 4 N–H and O–H groups in total. The van der Waals surface area contributed by atoms with Gasteiger partial charge in [-0.05, 0) is 40.3 Å². The minimum atomic E-state index is -1.17. The molecule has 166 valence electrons. The molecule has 0 aliphatic rings. The summed E-state index contributed by atoms with van der Waals surface area (Å²) in [5.41, 5.74) is 5.06. The number of nitrogens with zero attached hydrogens (tertiary/aromatic N) is 4. The quantitative estimate of drug-likeness (QED) is 0.520. The highest BCUT2D eigenvalue weighted by molar-refractivity contribution is 5.90. The second kappa shape index (κ2) is 13.3. The van der Waals surface area contributed by atoms with Crippen LogP contribution < -0.4 is 20.5 Å². The first-order valence-corrected chi connectivity index (χ1v) is 9.43. The number of hydrogen-bond donors (Lipinski definition) is 3. The number of carboxylic acid groups (broad SMARTS) is 1. The highest BCUT2D eigenvalue weighted by atomic mass is 16.5. The Balaban J connectivity index is 0.000000656. The van der Waals surface area contributed by atoms with Gasteiger partial charge in [-0.3, -0.25) is 0 Å². The highest BCUT2D eigenvalue weighted by Crippen LogP contribution is 2.31. The number of ether oxygens (including phenoxy) is 2. The summed E-state index contributed by atoms with van der Waals surface area (Å²) in [4.78, 5) is 23.6. The molecule has 0 radical (unpaired) electrons. The Labute approximate surface area is 177 Å². The van der Waals surface area contributed by atoms with Crippen LogP contribution in [0.25, 0.3) is 0 Å². The summed E-state index contributed by atoms with van der Waals surface area (Å²) in [7, 11) is 9.42. The summed E-state index contributed by atoms with van der Waals surface area (Å²) < 4.78 is 10.9. The van der Waals surface area contributed by atoms with Crippen molar-refractivity contribution >= 4 is 11.9 Å². The number of carbonyl (C=O) groups is 1. The molecule has 0 aliphatic heterocycles. The fourth-order valence-electron chi connectivity index (χ4n) is 2.13. The zero-order valence-corrected chi connectivity index (χ0v) is 18.3. The average Bonchev–Trinajstić information content (AvgIpc) is 2.68. The van der Waals surface area contributed by atoms with Crippen LogP contribution in [0.15, 0.2) is 30.5 Å². The molecule has 0 bridgehead atoms. The maximum absolute atomic E-state index is 11.4. The van der Waals surface area contributed by atoms with E-state index in [0.717, 1.165) is 19.6 Å². The molecule has 0 amide bonds. The van der Waals surface area contributed by atoms with E-state index in [2.05, 4.69) is 20.2 Å². The molecule has 0 aliphatic carbocycles. The second-order valence-electron chi connectivity index (χ2n) is 6.79. The van der Waals surface area contributed by atoms with Crippen molar-refractivity contribution in [3.8, 4) is 17.4 Å². The molecule has 0 unspecified atom stereocenters. The number of para-hydroxylation sites is 2. The van der Waals surface area contributed by atoms with Crippen LogP contribution in [0.1, 0.15) is 10.4 Å². The first kappa shape index (κ1) is 25.1. The number of carboxylic acids is 1. The summed E-state index contributed by atoms with van der Waals surface area (Å²) in [5.74, 6) is -0.0594. The second-order valence-corrected chi connectivity index (χ2v) is 6.79. The summed E-state index contributed by atoms with van der Waals surface area (Å²) in [6.45, 7) is 3.15. The normalized spacial score (nSPS) is 10.4. The number of rotatable bonds is 10. The van der Waals surface area contributed by atoms with Gasteiger partial charge in [0.2, 0.25) is 11.8 Å². The number of methoxy groups -OCH3 is 1. The van der Waals surface area contributed by atoms with Crippen LogP contribution >= 0.6 is 0 Å².